The zero-order chi connectivity index (χ0) is 18.9. The predicted octanol–water partition coefficient (Wildman–Crippen LogP) is 2.46. The number of nitrogens with zero attached hydrogens (tertiary/aromatic N) is 3. The molecule has 2 heterocycles. The van der Waals surface area contributed by atoms with E-state index < -0.39 is 0 Å². The Bertz CT molecular complexity index is 886. The number of anilines is 1. The zero-order valence-electron chi connectivity index (χ0n) is 15.1. The summed E-state index contributed by atoms with van der Waals surface area (Å²) in [5.41, 5.74) is 2.30. The van der Waals surface area contributed by atoms with E-state index in [-0.39, 0.29) is 5.91 Å². The fraction of sp³-hybridized carbons (Fsp3) is 0.200. The zero-order valence-corrected chi connectivity index (χ0v) is 15.1. The second-order valence-electron chi connectivity index (χ2n) is 5.82. The Balaban J connectivity index is 1.52. The highest BCUT2D eigenvalue weighted by Crippen LogP contribution is 2.12. The molecule has 1 aromatic carbocycles. The molecule has 2 N–H and O–H groups in total. The molecule has 7 nitrogen and oxygen atoms in total. The Morgan fingerprint density at radius 1 is 1.07 bits per heavy atom. The third-order valence-electron chi connectivity index (χ3n) is 3.91. The number of carbonyl (C=O) groups excluding carboxylic acids is 1. The first kappa shape index (κ1) is 18.3. The highest BCUT2D eigenvalue weighted by Gasteiger charge is 2.08. The van der Waals surface area contributed by atoms with Crippen LogP contribution in [-0.2, 0) is 13.0 Å². The van der Waals surface area contributed by atoms with Crippen molar-refractivity contribution in [1.29, 1.82) is 0 Å². The third kappa shape index (κ3) is 5.50. The molecule has 0 aliphatic heterocycles. The summed E-state index contributed by atoms with van der Waals surface area (Å²) in [5, 5.41) is 6.02. The summed E-state index contributed by atoms with van der Waals surface area (Å²) in [7, 11) is 1.63. The fourth-order valence-corrected chi connectivity index (χ4v) is 2.50. The van der Waals surface area contributed by atoms with Gasteiger partial charge in [0, 0.05) is 18.8 Å². The van der Waals surface area contributed by atoms with Gasteiger partial charge < -0.3 is 15.4 Å². The van der Waals surface area contributed by atoms with Crippen LogP contribution < -0.4 is 15.4 Å². The number of hydrogen-bond acceptors (Lipinski definition) is 6. The van der Waals surface area contributed by atoms with E-state index in [2.05, 4.69) is 25.6 Å². The van der Waals surface area contributed by atoms with Crippen molar-refractivity contribution >= 4 is 11.7 Å². The quantitative estimate of drug-likeness (QED) is 0.639. The SMILES string of the molecule is COc1cccc(CCNC(=O)c2cc(NCc3ccccn3)ncn2)c1. The van der Waals surface area contributed by atoms with E-state index in [9.17, 15) is 4.79 Å². The second kappa shape index (κ2) is 9.28. The first-order valence-electron chi connectivity index (χ1n) is 8.61. The number of pyridine rings is 1. The molecule has 27 heavy (non-hydrogen) atoms. The van der Waals surface area contributed by atoms with Gasteiger partial charge in [0.1, 0.15) is 23.6 Å². The highest BCUT2D eigenvalue weighted by molar-refractivity contribution is 5.92. The van der Waals surface area contributed by atoms with Crippen molar-refractivity contribution in [3.05, 3.63) is 78.0 Å². The van der Waals surface area contributed by atoms with Crippen molar-refractivity contribution in [2.75, 3.05) is 19.0 Å². The molecular weight excluding hydrogens is 342 g/mol. The lowest BCUT2D eigenvalue weighted by molar-refractivity contribution is 0.0949. The van der Waals surface area contributed by atoms with Gasteiger partial charge in [-0.2, -0.15) is 0 Å². The molecule has 3 rings (SSSR count). The smallest absolute Gasteiger partial charge is 0.270 e. The van der Waals surface area contributed by atoms with Gasteiger partial charge in [-0.15, -0.1) is 0 Å². The maximum atomic E-state index is 12.3. The van der Waals surface area contributed by atoms with Crippen LogP contribution in [0.2, 0.25) is 0 Å². The molecule has 0 radical (unpaired) electrons. The van der Waals surface area contributed by atoms with Crippen molar-refractivity contribution in [3.63, 3.8) is 0 Å². The number of nitrogens with one attached hydrogen (secondary N) is 2. The summed E-state index contributed by atoms with van der Waals surface area (Å²) >= 11 is 0. The number of aromatic nitrogens is 3. The molecule has 0 fully saturated rings. The molecule has 2 aromatic heterocycles. The Labute approximate surface area is 157 Å². The van der Waals surface area contributed by atoms with Crippen LogP contribution in [0.4, 0.5) is 5.82 Å². The normalized spacial score (nSPS) is 10.3. The summed E-state index contributed by atoms with van der Waals surface area (Å²) in [6.07, 6.45) is 3.81. The van der Waals surface area contributed by atoms with Gasteiger partial charge in [-0.05, 0) is 36.2 Å². The van der Waals surface area contributed by atoms with Crippen molar-refractivity contribution in [2.45, 2.75) is 13.0 Å². The number of carbonyl (C=O) groups is 1. The van der Waals surface area contributed by atoms with Crippen LogP contribution in [0.5, 0.6) is 5.75 Å². The highest BCUT2D eigenvalue weighted by atomic mass is 16.5. The van der Waals surface area contributed by atoms with Crippen molar-refractivity contribution < 1.29 is 9.53 Å². The molecule has 0 saturated heterocycles. The van der Waals surface area contributed by atoms with Gasteiger partial charge in [0.25, 0.3) is 5.91 Å². The molecule has 0 unspecified atom stereocenters. The van der Waals surface area contributed by atoms with Gasteiger partial charge in [-0.3, -0.25) is 9.78 Å². The average Bonchev–Trinajstić information content (AvgIpc) is 2.73. The minimum Gasteiger partial charge on any atom is -0.497 e. The first-order chi connectivity index (χ1) is 13.2. The van der Waals surface area contributed by atoms with Crippen LogP contribution >= 0.6 is 0 Å². The number of rotatable bonds is 8. The van der Waals surface area contributed by atoms with Crippen molar-refractivity contribution in [2.24, 2.45) is 0 Å². The Kier molecular flexibility index (Phi) is 6.30. The number of hydrogen-bond donors (Lipinski definition) is 2. The Morgan fingerprint density at radius 2 is 2.00 bits per heavy atom. The lowest BCUT2D eigenvalue weighted by atomic mass is 10.1. The second-order valence-corrected chi connectivity index (χ2v) is 5.82. The van der Waals surface area contributed by atoms with E-state index in [4.69, 9.17) is 4.74 Å². The Hall–Kier alpha value is -3.48. The van der Waals surface area contributed by atoms with Crippen LogP contribution in [0.1, 0.15) is 21.7 Å². The van der Waals surface area contributed by atoms with E-state index in [1.54, 1.807) is 19.4 Å². The fourth-order valence-electron chi connectivity index (χ4n) is 2.50. The molecule has 0 aliphatic carbocycles. The summed E-state index contributed by atoms with van der Waals surface area (Å²) in [5.74, 6) is 1.15. The van der Waals surface area contributed by atoms with Crippen LogP contribution in [0, 0.1) is 0 Å². The topological polar surface area (TPSA) is 89.0 Å². The summed E-state index contributed by atoms with van der Waals surface area (Å²) < 4.78 is 5.20. The van der Waals surface area contributed by atoms with Gasteiger partial charge in [0.15, 0.2) is 0 Å². The van der Waals surface area contributed by atoms with E-state index in [1.165, 1.54) is 6.33 Å². The standard InChI is InChI=1S/C20H21N5O2/c1-27-17-7-4-5-15(11-17)8-10-22-20(26)18-12-19(25-14-24-18)23-13-16-6-2-3-9-21-16/h2-7,9,11-12,14H,8,10,13H2,1H3,(H,22,26)(H,23,24,25). The van der Waals surface area contributed by atoms with E-state index in [0.29, 0.717) is 31.0 Å². The number of methoxy groups -OCH3 is 1. The van der Waals surface area contributed by atoms with Gasteiger partial charge >= 0.3 is 0 Å². The molecule has 0 bridgehead atoms. The molecule has 0 saturated carbocycles. The van der Waals surface area contributed by atoms with Crippen LogP contribution in [0.25, 0.3) is 0 Å². The predicted molar refractivity (Wildman–Crippen MR) is 103 cm³/mol. The van der Waals surface area contributed by atoms with Gasteiger partial charge in [-0.1, -0.05) is 18.2 Å². The van der Waals surface area contributed by atoms with Crippen LogP contribution in [0.3, 0.4) is 0 Å². The lowest BCUT2D eigenvalue weighted by Gasteiger charge is -2.08. The van der Waals surface area contributed by atoms with Gasteiger partial charge in [0.2, 0.25) is 0 Å². The number of benzene rings is 1. The van der Waals surface area contributed by atoms with Crippen molar-refractivity contribution in [3.8, 4) is 5.75 Å². The first-order valence-corrected chi connectivity index (χ1v) is 8.61. The Morgan fingerprint density at radius 3 is 2.81 bits per heavy atom. The van der Waals surface area contributed by atoms with E-state index >= 15 is 0 Å². The van der Waals surface area contributed by atoms with Crippen molar-refractivity contribution in [1.82, 2.24) is 20.3 Å². The minimum absolute atomic E-state index is 0.235. The molecule has 7 heteroatoms. The summed E-state index contributed by atoms with van der Waals surface area (Å²) in [6, 6.07) is 15.1. The van der Waals surface area contributed by atoms with Crippen LogP contribution in [0.15, 0.2) is 61.1 Å². The monoisotopic (exact) mass is 363 g/mol. The van der Waals surface area contributed by atoms with E-state index in [1.807, 2.05) is 42.5 Å². The minimum atomic E-state index is -0.235. The van der Waals surface area contributed by atoms with Crippen LogP contribution in [-0.4, -0.2) is 34.5 Å². The van der Waals surface area contributed by atoms with Gasteiger partial charge in [-0.25, -0.2) is 9.97 Å². The van der Waals surface area contributed by atoms with E-state index in [0.717, 1.165) is 17.0 Å². The maximum absolute atomic E-state index is 12.3. The number of amides is 1. The molecule has 0 spiro atoms. The largest absolute Gasteiger partial charge is 0.497 e. The molecule has 3 aromatic rings. The summed E-state index contributed by atoms with van der Waals surface area (Å²) in [4.78, 5) is 24.7. The lowest BCUT2D eigenvalue weighted by Crippen LogP contribution is -2.26. The molecular formula is C20H21N5O2. The molecule has 1 amide bonds. The third-order valence-corrected chi connectivity index (χ3v) is 3.91. The molecule has 0 aliphatic rings. The maximum Gasteiger partial charge on any atom is 0.270 e. The summed E-state index contributed by atoms with van der Waals surface area (Å²) in [6.45, 7) is 1.03. The van der Waals surface area contributed by atoms with Gasteiger partial charge in [0.05, 0.1) is 19.3 Å². The molecule has 0 atom stereocenters. The number of ether oxygens (including phenoxy) is 1. The average molecular weight is 363 g/mol. The molecule has 138 valence electrons.